The molecule has 0 spiro atoms. The third kappa shape index (κ3) is 3.34. The monoisotopic (exact) mass is 205 g/mol. The molecular formula is C11H15N3O. The van der Waals surface area contributed by atoms with E-state index < -0.39 is 0 Å². The normalized spacial score (nSPS) is 9.67. The molecule has 4 heteroatoms. The lowest BCUT2D eigenvalue weighted by Gasteiger charge is -2.06. The lowest BCUT2D eigenvalue weighted by atomic mass is 10.1. The topological polar surface area (TPSA) is 81.1 Å². The van der Waals surface area contributed by atoms with Crippen molar-refractivity contribution in [1.82, 2.24) is 5.32 Å². The quantitative estimate of drug-likeness (QED) is 0.511. The number of nitrogens with two attached hydrogens (primary N) is 2. The molecule has 0 aliphatic heterocycles. The van der Waals surface area contributed by atoms with E-state index in [1.807, 2.05) is 6.92 Å². The molecule has 15 heavy (non-hydrogen) atoms. The average Bonchev–Trinajstić information content (AvgIpc) is 2.12. The fourth-order valence-electron chi connectivity index (χ4n) is 1.14. The summed E-state index contributed by atoms with van der Waals surface area (Å²) >= 11 is 0. The Hall–Kier alpha value is -1.97. The Morgan fingerprint density at radius 1 is 1.33 bits per heavy atom. The predicted molar refractivity (Wildman–Crippen MR) is 62.4 cm³/mol. The number of amides is 1. The minimum Gasteiger partial charge on any atom is -0.399 e. The van der Waals surface area contributed by atoms with Gasteiger partial charge in [0.1, 0.15) is 0 Å². The molecule has 1 aromatic rings. The van der Waals surface area contributed by atoms with Gasteiger partial charge in [-0.05, 0) is 25.1 Å². The van der Waals surface area contributed by atoms with Crippen LogP contribution < -0.4 is 16.8 Å². The molecule has 1 amide bonds. The highest BCUT2D eigenvalue weighted by Crippen LogP contribution is 2.13. The number of nitrogen functional groups attached to an aromatic ring is 2. The number of rotatable bonds is 3. The molecule has 0 aromatic heterocycles. The number of carbonyl (C=O) groups excluding carboxylic acids is 1. The van der Waals surface area contributed by atoms with E-state index in [0.717, 1.165) is 5.57 Å². The van der Waals surface area contributed by atoms with E-state index >= 15 is 0 Å². The molecule has 1 aromatic carbocycles. The first-order valence-corrected chi connectivity index (χ1v) is 4.57. The van der Waals surface area contributed by atoms with Crippen molar-refractivity contribution in [2.24, 2.45) is 0 Å². The Bertz CT molecular complexity index is 379. The summed E-state index contributed by atoms with van der Waals surface area (Å²) in [7, 11) is 0. The summed E-state index contributed by atoms with van der Waals surface area (Å²) in [5.41, 5.74) is 13.5. The molecule has 80 valence electrons. The van der Waals surface area contributed by atoms with Crippen molar-refractivity contribution < 1.29 is 4.79 Å². The van der Waals surface area contributed by atoms with Crippen LogP contribution in [0.2, 0.25) is 0 Å². The predicted octanol–water partition coefficient (Wildman–Crippen LogP) is 1.16. The van der Waals surface area contributed by atoms with Crippen molar-refractivity contribution in [2.75, 3.05) is 18.0 Å². The highest BCUT2D eigenvalue weighted by atomic mass is 16.1. The van der Waals surface area contributed by atoms with Gasteiger partial charge in [0.2, 0.25) is 0 Å². The Balaban J connectivity index is 2.77. The number of benzene rings is 1. The van der Waals surface area contributed by atoms with E-state index in [9.17, 15) is 4.79 Å². The van der Waals surface area contributed by atoms with Crippen LogP contribution in [0.1, 0.15) is 17.3 Å². The van der Waals surface area contributed by atoms with Gasteiger partial charge in [0, 0.05) is 23.5 Å². The standard InChI is InChI=1S/C11H15N3O/c1-7(2)6-14-11(15)8-3-9(12)5-10(13)4-8/h3-5H,1,6,12-13H2,2H3,(H,14,15). The zero-order valence-electron chi connectivity index (χ0n) is 8.71. The first-order chi connectivity index (χ1) is 6.99. The molecule has 4 nitrogen and oxygen atoms in total. The number of nitrogens with one attached hydrogen (secondary N) is 1. The van der Waals surface area contributed by atoms with Crippen molar-refractivity contribution in [3.05, 3.63) is 35.9 Å². The van der Waals surface area contributed by atoms with E-state index in [2.05, 4.69) is 11.9 Å². The fourth-order valence-corrected chi connectivity index (χ4v) is 1.14. The van der Waals surface area contributed by atoms with E-state index in [0.29, 0.717) is 23.5 Å². The van der Waals surface area contributed by atoms with Gasteiger partial charge in [-0.15, -0.1) is 0 Å². The smallest absolute Gasteiger partial charge is 0.251 e. The molecule has 1 rings (SSSR count). The molecule has 0 bridgehead atoms. The van der Waals surface area contributed by atoms with E-state index in [4.69, 9.17) is 11.5 Å². The second kappa shape index (κ2) is 4.50. The Kier molecular flexibility index (Phi) is 3.33. The van der Waals surface area contributed by atoms with Crippen LogP contribution in [0.3, 0.4) is 0 Å². The molecular weight excluding hydrogens is 190 g/mol. The van der Waals surface area contributed by atoms with Gasteiger partial charge in [-0.3, -0.25) is 4.79 Å². The maximum absolute atomic E-state index is 11.6. The maximum atomic E-state index is 11.6. The summed E-state index contributed by atoms with van der Waals surface area (Å²) < 4.78 is 0. The number of hydrogen-bond donors (Lipinski definition) is 3. The molecule has 5 N–H and O–H groups in total. The average molecular weight is 205 g/mol. The van der Waals surface area contributed by atoms with Crippen molar-refractivity contribution >= 4 is 17.3 Å². The molecule has 0 fully saturated rings. The van der Waals surface area contributed by atoms with Crippen LogP contribution in [0.15, 0.2) is 30.4 Å². The summed E-state index contributed by atoms with van der Waals surface area (Å²) in [5.74, 6) is -0.197. The minimum atomic E-state index is -0.197. The summed E-state index contributed by atoms with van der Waals surface area (Å²) in [6.07, 6.45) is 0. The van der Waals surface area contributed by atoms with Gasteiger partial charge in [-0.1, -0.05) is 12.2 Å². The Morgan fingerprint density at radius 2 is 1.87 bits per heavy atom. The van der Waals surface area contributed by atoms with Gasteiger partial charge in [-0.2, -0.15) is 0 Å². The lowest BCUT2D eigenvalue weighted by molar-refractivity contribution is 0.0957. The number of hydrogen-bond acceptors (Lipinski definition) is 3. The first kappa shape index (κ1) is 11.1. The molecule has 0 heterocycles. The summed E-state index contributed by atoms with van der Waals surface area (Å²) in [6, 6.07) is 4.78. The zero-order valence-corrected chi connectivity index (χ0v) is 8.71. The first-order valence-electron chi connectivity index (χ1n) is 4.57. The van der Waals surface area contributed by atoms with E-state index in [1.54, 1.807) is 18.2 Å². The number of carbonyl (C=O) groups is 1. The van der Waals surface area contributed by atoms with Crippen LogP contribution in [0.5, 0.6) is 0 Å². The molecule has 0 saturated carbocycles. The summed E-state index contributed by atoms with van der Waals surface area (Å²) in [6.45, 7) is 5.98. The van der Waals surface area contributed by atoms with Crippen LogP contribution in [-0.2, 0) is 0 Å². The summed E-state index contributed by atoms with van der Waals surface area (Å²) in [5, 5.41) is 2.70. The largest absolute Gasteiger partial charge is 0.399 e. The van der Waals surface area contributed by atoms with Gasteiger partial charge in [0.05, 0.1) is 0 Å². The molecule has 0 radical (unpaired) electrons. The Labute approximate surface area is 89.0 Å². The van der Waals surface area contributed by atoms with Crippen LogP contribution in [0.25, 0.3) is 0 Å². The van der Waals surface area contributed by atoms with Crippen molar-refractivity contribution in [1.29, 1.82) is 0 Å². The summed E-state index contributed by atoms with van der Waals surface area (Å²) in [4.78, 5) is 11.6. The zero-order chi connectivity index (χ0) is 11.4. The van der Waals surface area contributed by atoms with E-state index in [1.165, 1.54) is 0 Å². The Morgan fingerprint density at radius 3 is 2.33 bits per heavy atom. The van der Waals surface area contributed by atoms with Gasteiger partial charge in [0.25, 0.3) is 5.91 Å². The van der Waals surface area contributed by atoms with Crippen molar-refractivity contribution in [3.63, 3.8) is 0 Å². The maximum Gasteiger partial charge on any atom is 0.251 e. The van der Waals surface area contributed by atoms with Gasteiger partial charge in [-0.25, -0.2) is 0 Å². The van der Waals surface area contributed by atoms with Crippen molar-refractivity contribution in [3.8, 4) is 0 Å². The van der Waals surface area contributed by atoms with Crippen LogP contribution in [0, 0.1) is 0 Å². The number of anilines is 2. The van der Waals surface area contributed by atoms with Crippen LogP contribution in [-0.4, -0.2) is 12.5 Å². The van der Waals surface area contributed by atoms with Crippen molar-refractivity contribution in [2.45, 2.75) is 6.92 Å². The van der Waals surface area contributed by atoms with Gasteiger partial charge < -0.3 is 16.8 Å². The molecule has 0 unspecified atom stereocenters. The highest BCUT2D eigenvalue weighted by Gasteiger charge is 2.06. The molecule has 0 saturated heterocycles. The highest BCUT2D eigenvalue weighted by molar-refractivity contribution is 5.96. The van der Waals surface area contributed by atoms with Gasteiger partial charge >= 0.3 is 0 Å². The van der Waals surface area contributed by atoms with E-state index in [-0.39, 0.29) is 5.91 Å². The minimum absolute atomic E-state index is 0.197. The second-order valence-corrected chi connectivity index (χ2v) is 3.53. The molecule has 0 atom stereocenters. The molecule has 0 aliphatic carbocycles. The van der Waals surface area contributed by atoms with Crippen LogP contribution >= 0.6 is 0 Å². The SMILES string of the molecule is C=C(C)CNC(=O)c1cc(N)cc(N)c1. The third-order valence-corrected chi connectivity index (χ3v) is 1.79. The third-order valence-electron chi connectivity index (χ3n) is 1.79. The second-order valence-electron chi connectivity index (χ2n) is 3.53. The van der Waals surface area contributed by atoms with Crippen LogP contribution in [0.4, 0.5) is 11.4 Å². The van der Waals surface area contributed by atoms with Gasteiger partial charge in [0.15, 0.2) is 0 Å². The lowest BCUT2D eigenvalue weighted by Crippen LogP contribution is -2.25. The molecule has 0 aliphatic rings. The fraction of sp³-hybridized carbons (Fsp3) is 0.182.